The van der Waals surface area contributed by atoms with E-state index in [1.807, 2.05) is 6.07 Å². The van der Waals surface area contributed by atoms with Crippen molar-refractivity contribution in [2.45, 2.75) is 10.9 Å². The molecule has 0 fully saturated rings. The average molecular weight is 422 g/mol. The van der Waals surface area contributed by atoms with Crippen LogP contribution in [-0.2, 0) is 5.75 Å². The Labute approximate surface area is 176 Å². The molecule has 0 saturated heterocycles. The molecule has 0 spiro atoms. The Hall–Kier alpha value is -3.52. The third-order valence-electron chi connectivity index (χ3n) is 4.34. The van der Waals surface area contributed by atoms with Crippen LogP contribution in [0.15, 0.2) is 71.9 Å². The van der Waals surface area contributed by atoms with Crippen molar-refractivity contribution in [3.63, 3.8) is 0 Å². The largest absolute Gasteiger partial charge is 0.497 e. The van der Waals surface area contributed by atoms with Crippen LogP contribution in [-0.4, -0.2) is 23.1 Å². The van der Waals surface area contributed by atoms with E-state index in [1.165, 1.54) is 23.9 Å². The summed E-state index contributed by atoms with van der Waals surface area (Å²) in [6.07, 6.45) is 0. The van der Waals surface area contributed by atoms with Crippen LogP contribution in [0.4, 0.5) is 20.6 Å². The van der Waals surface area contributed by atoms with Gasteiger partial charge < -0.3 is 20.4 Å². The van der Waals surface area contributed by atoms with Gasteiger partial charge in [0.1, 0.15) is 11.6 Å². The zero-order chi connectivity index (χ0) is 20.9. The maximum Gasteiger partial charge on any atom is 0.323 e. The normalized spacial score (nSPS) is 10.7. The van der Waals surface area contributed by atoms with E-state index < -0.39 is 0 Å². The molecular formula is C22H19FN4O2S. The smallest absolute Gasteiger partial charge is 0.323 e. The number of fused-ring (bicyclic) bond motifs is 1. The van der Waals surface area contributed by atoms with Crippen LogP contribution in [0, 0.1) is 5.82 Å². The molecule has 0 atom stereocenters. The first-order valence-corrected chi connectivity index (χ1v) is 10.2. The number of benzene rings is 3. The fourth-order valence-electron chi connectivity index (χ4n) is 2.86. The van der Waals surface area contributed by atoms with Crippen LogP contribution in [0.5, 0.6) is 5.75 Å². The van der Waals surface area contributed by atoms with E-state index in [4.69, 9.17) is 4.74 Å². The van der Waals surface area contributed by atoms with Crippen molar-refractivity contribution < 1.29 is 13.9 Å². The summed E-state index contributed by atoms with van der Waals surface area (Å²) in [5, 5.41) is 6.33. The molecule has 0 radical (unpaired) electrons. The van der Waals surface area contributed by atoms with E-state index in [0.29, 0.717) is 22.9 Å². The number of H-pyrrole nitrogens is 1. The van der Waals surface area contributed by atoms with E-state index in [9.17, 15) is 9.18 Å². The molecule has 3 aromatic carbocycles. The van der Waals surface area contributed by atoms with Crippen molar-refractivity contribution >= 4 is 40.2 Å². The predicted octanol–water partition coefficient (Wildman–Crippen LogP) is 5.65. The van der Waals surface area contributed by atoms with Crippen LogP contribution in [0.2, 0.25) is 0 Å². The molecule has 6 nitrogen and oxygen atoms in total. The third kappa shape index (κ3) is 4.90. The predicted molar refractivity (Wildman–Crippen MR) is 118 cm³/mol. The van der Waals surface area contributed by atoms with E-state index in [-0.39, 0.29) is 11.8 Å². The van der Waals surface area contributed by atoms with Gasteiger partial charge in [0.05, 0.1) is 18.1 Å². The lowest BCUT2D eigenvalue weighted by atomic mass is 10.2. The third-order valence-corrected chi connectivity index (χ3v) is 5.28. The lowest BCUT2D eigenvalue weighted by Crippen LogP contribution is -2.19. The minimum absolute atomic E-state index is 0.247. The molecule has 0 aliphatic rings. The molecule has 1 heterocycles. The Kier molecular flexibility index (Phi) is 5.85. The molecule has 8 heteroatoms. The standard InChI is InChI=1S/C22H19FN4O2S/c1-29-18-4-2-3-16(11-18)24-21(28)25-17-9-10-19-20(12-17)27-22(26-19)30-13-14-5-7-15(23)8-6-14/h2-12H,13H2,1H3,(H,26,27)(H2,24,25,28). The highest BCUT2D eigenvalue weighted by atomic mass is 32.2. The van der Waals surface area contributed by atoms with Crippen LogP contribution in [0.3, 0.4) is 0 Å². The molecule has 0 unspecified atom stereocenters. The summed E-state index contributed by atoms with van der Waals surface area (Å²) in [7, 11) is 1.57. The highest BCUT2D eigenvalue weighted by Crippen LogP contribution is 2.25. The van der Waals surface area contributed by atoms with Gasteiger partial charge in [-0.15, -0.1) is 0 Å². The number of imidazole rings is 1. The van der Waals surface area contributed by atoms with Crippen molar-refractivity contribution in [3.05, 3.63) is 78.1 Å². The molecule has 152 valence electrons. The minimum atomic E-state index is -0.357. The molecular weight excluding hydrogens is 403 g/mol. The number of carbonyl (C=O) groups excluding carboxylic acids is 1. The second-order valence-corrected chi connectivity index (χ2v) is 7.46. The Balaban J connectivity index is 1.40. The summed E-state index contributed by atoms with van der Waals surface area (Å²) >= 11 is 1.53. The first-order chi connectivity index (χ1) is 14.6. The van der Waals surface area contributed by atoms with Crippen molar-refractivity contribution in [2.24, 2.45) is 0 Å². The summed E-state index contributed by atoms with van der Waals surface area (Å²) in [6, 6.07) is 18.7. The molecule has 0 saturated carbocycles. The number of ether oxygens (including phenoxy) is 1. The highest BCUT2D eigenvalue weighted by Gasteiger charge is 2.08. The molecule has 3 N–H and O–H groups in total. The van der Waals surface area contributed by atoms with E-state index in [1.54, 1.807) is 55.6 Å². The Morgan fingerprint density at radius 1 is 1.07 bits per heavy atom. The van der Waals surface area contributed by atoms with Gasteiger partial charge in [-0.1, -0.05) is 30.0 Å². The van der Waals surface area contributed by atoms with Gasteiger partial charge in [0, 0.05) is 23.2 Å². The second kappa shape index (κ2) is 8.87. The SMILES string of the molecule is COc1cccc(NC(=O)Nc2ccc3[nH]c(SCc4ccc(F)cc4)nc3c2)c1. The minimum Gasteiger partial charge on any atom is -0.497 e. The zero-order valence-corrected chi connectivity index (χ0v) is 16.9. The van der Waals surface area contributed by atoms with Crippen LogP contribution >= 0.6 is 11.8 Å². The van der Waals surface area contributed by atoms with Crippen LogP contribution < -0.4 is 15.4 Å². The number of nitrogens with zero attached hydrogens (tertiary/aromatic N) is 1. The topological polar surface area (TPSA) is 79.0 Å². The number of anilines is 2. The van der Waals surface area contributed by atoms with Crippen LogP contribution in [0.25, 0.3) is 11.0 Å². The number of aromatic amines is 1. The molecule has 0 bridgehead atoms. The first-order valence-electron chi connectivity index (χ1n) is 9.18. The van der Waals surface area contributed by atoms with Crippen molar-refractivity contribution in [3.8, 4) is 5.75 Å². The number of thioether (sulfide) groups is 1. The fourth-order valence-corrected chi connectivity index (χ4v) is 3.70. The highest BCUT2D eigenvalue weighted by molar-refractivity contribution is 7.98. The maximum atomic E-state index is 13.0. The van der Waals surface area contributed by atoms with Gasteiger partial charge in [-0.3, -0.25) is 0 Å². The van der Waals surface area contributed by atoms with Gasteiger partial charge in [0.25, 0.3) is 0 Å². The number of amides is 2. The van der Waals surface area contributed by atoms with Crippen LogP contribution in [0.1, 0.15) is 5.56 Å². The van der Waals surface area contributed by atoms with Gasteiger partial charge >= 0.3 is 6.03 Å². The molecule has 0 aliphatic carbocycles. The first kappa shape index (κ1) is 19.8. The molecule has 0 aliphatic heterocycles. The lowest BCUT2D eigenvalue weighted by molar-refractivity contribution is 0.262. The summed E-state index contributed by atoms with van der Waals surface area (Å²) < 4.78 is 18.2. The van der Waals surface area contributed by atoms with E-state index in [2.05, 4.69) is 20.6 Å². The van der Waals surface area contributed by atoms with Gasteiger partial charge in [0.15, 0.2) is 5.16 Å². The Morgan fingerprint density at radius 3 is 2.60 bits per heavy atom. The quantitative estimate of drug-likeness (QED) is 0.351. The Morgan fingerprint density at radius 2 is 1.83 bits per heavy atom. The average Bonchev–Trinajstić information content (AvgIpc) is 3.15. The number of nitrogens with one attached hydrogen (secondary N) is 3. The van der Waals surface area contributed by atoms with E-state index in [0.717, 1.165) is 21.8 Å². The number of aromatic nitrogens is 2. The van der Waals surface area contributed by atoms with Crippen molar-refractivity contribution in [1.29, 1.82) is 0 Å². The number of urea groups is 1. The van der Waals surface area contributed by atoms with Crippen molar-refractivity contribution in [2.75, 3.05) is 17.7 Å². The van der Waals surface area contributed by atoms with Crippen molar-refractivity contribution in [1.82, 2.24) is 9.97 Å². The fraction of sp³-hybridized carbons (Fsp3) is 0.0909. The molecule has 4 aromatic rings. The lowest BCUT2D eigenvalue weighted by Gasteiger charge is -2.08. The van der Waals surface area contributed by atoms with E-state index >= 15 is 0 Å². The zero-order valence-electron chi connectivity index (χ0n) is 16.1. The monoisotopic (exact) mass is 422 g/mol. The van der Waals surface area contributed by atoms with Gasteiger partial charge in [-0.05, 0) is 48.0 Å². The number of rotatable bonds is 6. The summed E-state index contributed by atoms with van der Waals surface area (Å²) in [4.78, 5) is 20.1. The summed E-state index contributed by atoms with van der Waals surface area (Å²) in [5.74, 6) is 1.09. The summed E-state index contributed by atoms with van der Waals surface area (Å²) in [5.41, 5.74) is 3.89. The second-order valence-electron chi connectivity index (χ2n) is 6.50. The molecule has 30 heavy (non-hydrogen) atoms. The Bertz CT molecular complexity index is 1180. The number of carbonyl (C=O) groups is 1. The number of hydrogen-bond acceptors (Lipinski definition) is 4. The molecule has 1 aromatic heterocycles. The molecule has 2 amide bonds. The van der Waals surface area contributed by atoms with Gasteiger partial charge in [0.2, 0.25) is 0 Å². The summed E-state index contributed by atoms with van der Waals surface area (Å²) in [6.45, 7) is 0. The maximum absolute atomic E-state index is 13.0. The number of hydrogen-bond donors (Lipinski definition) is 3. The molecule has 4 rings (SSSR count). The van der Waals surface area contributed by atoms with Gasteiger partial charge in [-0.25, -0.2) is 14.2 Å². The number of methoxy groups -OCH3 is 1. The van der Waals surface area contributed by atoms with Gasteiger partial charge in [-0.2, -0.15) is 0 Å². The number of halogens is 1.